The summed E-state index contributed by atoms with van der Waals surface area (Å²) in [5.41, 5.74) is 10.3. The van der Waals surface area contributed by atoms with Gasteiger partial charge in [0.1, 0.15) is 0 Å². The van der Waals surface area contributed by atoms with E-state index in [1.54, 1.807) is 48.5 Å². The van der Waals surface area contributed by atoms with Crippen molar-refractivity contribution in [2.75, 3.05) is 0 Å². The van der Waals surface area contributed by atoms with Crippen LogP contribution in [0.3, 0.4) is 0 Å². The number of hydrogen-bond acceptors (Lipinski definition) is 8. The van der Waals surface area contributed by atoms with Crippen LogP contribution in [-0.2, 0) is 44.9 Å². The minimum atomic E-state index is -1.03. The van der Waals surface area contributed by atoms with Crippen LogP contribution in [0.2, 0.25) is 0 Å². The molecule has 0 saturated carbocycles. The number of aliphatic carboxylic acids is 4. The standard InChI is InChI=1S/C52H36N4O8/c57-45(58)25-29-9-1-5-13-33(29)49-37-17-19-39(53-37)50(34-14-6-2-10-30(34)26-46(59)60)41-21-23-43(55-41)52(36-16-8-4-12-32(36)28-48(63)64)44-24-22-42(56-44)51(40-20-18-38(49)54-40)35-15-7-3-11-31(35)27-47(61)62/h1-24H,25-28H2,(H,57,58)(H,59,60)(H,61,62)(H,63,64). The lowest BCUT2D eigenvalue weighted by molar-refractivity contribution is -0.137. The Balaban J connectivity index is 1.41. The summed E-state index contributed by atoms with van der Waals surface area (Å²) in [6.07, 6.45) is 13.4. The lowest BCUT2D eigenvalue weighted by Crippen LogP contribution is -2.09. The molecule has 8 bridgehead atoms. The summed E-state index contributed by atoms with van der Waals surface area (Å²) in [6, 6.07) is 28.6. The maximum atomic E-state index is 12.2. The fraction of sp³-hybridized carbons (Fsp3) is 0.0769. The predicted octanol–water partition coefficient (Wildman–Crippen LogP) is 8.20. The van der Waals surface area contributed by atoms with Crippen LogP contribution in [0.5, 0.6) is 0 Å². The summed E-state index contributed by atoms with van der Waals surface area (Å²) in [4.78, 5) is 69.8. The highest BCUT2D eigenvalue weighted by Gasteiger charge is 2.30. The van der Waals surface area contributed by atoms with Crippen LogP contribution in [0.15, 0.2) is 188 Å². The maximum absolute atomic E-state index is 12.2. The van der Waals surface area contributed by atoms with Gasteiger partial charge in [0.15, 0.2) is 0 Å². The van der Waals surface area contributed by atoms with Crippen molar-refractivity contribution in [3.05, 3.63) is 213 Å². The Morgan fingerprint density at radius 2 is 0.516 bits per heavy atom. The molecule has 0 saturated heterocycles. The van der Waals surface area contributed by atoms with Gasteiger partial charge in [-0.15, -0.1) is 0 Å². The number of allylic oxidation sites excluding steroid dienone is 12. The Labute approximate surface area is 366 Å². The Kier molecular flexibility index (Phi) is 10.8. The van der Waals surface area contributed by atoms with Gasteiger partial charge < -0.3 is 20.4 Å². The van der Waals surface area contributed by atoms with Gasteiger partial charge in [-0.3, -0.25) is 19.2 Å². The molecule has 4 N–H and O–H groups in total. The van der Waals surface area contributed by atoms with E-state index in [0.29, 0.717) is 112 Å². The molecule has 312 valence electrons. The van der Waals surface area contributed by atoms with E-state index in [-0.39, 0.29) is 25.7 Å². The zero-order valence-corrected chi connectivity index (χ0v) is 33.9. The first-order valence-electron chi connectivity index (χ1n) is 20.3. The molecule has 0 aromatic heterocycles. The van der Waals surface area contributed by atoms with Crippen molar-refractivity contribution in [1.29, 1.82) is 0 Å². The van der Waals surface area contributed by atoms with E-state index in [4.69, 9.17) is 20.0 Å². The van der Waals surface area contributed by atoms with Gasteiger partial charge in [-0.1, -0.05) is 97.1 Å². The molecule has 5 aliphatic rings. The molecule has 0 aliphatic carbocycles. The molecule has 0 unspecified atom stereocenters. The lowest BCUT2D eigenvalue weighted by atomic mass is 9.92. The normalized spacial score (nSPS) is 16.1. The first kappa shape index (κ1) is 40.7. The molecule has 4 aromatic carbocycles. The van der Waals surface area contributed by atoms with Crippen LogP contribution in [0.4, 0.5) is 0 Å². The van der Waals surface area contributed by atoms with E-state index in [2.05, 4.69) is 0 Å². The molecule has 0 fully saturated rings. The number of carboxylic acid groups (broad SMARTS) is 4. The zero-order chi connectivity index (χ0) is 44.5. The van der Waals surface area contributed by atoms with Gasteiger partial charge in [-0.25, -0.2) is 20.0 Å². The fourth-order valence-electron chi connectivity index (χ4n) is 8.52. The van der Waals surface area contributed by atoms with Gasteiger partial charge in [0.25, 0.3) is 0 Å². The monoisotopic (exact) mass is 844 g/mol. The Morgan fingerprint density at radius 3 is 0.719 bits per heavy atom. The molecule has 0 amide bonds. The van der Waals surface area contributed by atoms with E-state index in [9.17, 15) is 39.6 Å². The third kappa shape index (κ3) is 7.98. The summed E-state index contributed by atoms with van der Waals surface area (Å²) in [6.45, 7) is 0. The van der Waals surface area contributed by atoms with Crippen molar-refractivity contribution in [2.24, 2.45) is 20.0 Å². The maximum Gasteiger partial charge on any atom is 0.307 e. The minimum absolute atomic E-state index is 0.282. The first-order valence-corrected chi connectivity index (χ1v) is 20.3. The average molecular weight is 845 g/mol. The summed E-state index contributed by atoms with van der Waals surface area (Å²) >= 11 is 0. The molecule has 4 aromatic rings. The van der Waals surface area contributed by atoms with Crippen molar-refractivity contribution in [3.63, 3.8) is 0 Å². The average Bonchev–Trinajstić information content (AvgIpc) is 4.11. The summed E-state index contributed by atoms with van der Waals surface area (Å²) in [7, 11) is 0. The lowest BCUT2D eigenvalue weighted by Gasteiger charge is -2.16. The second kappa shape index (κ2) is 17.0. The van der Waals surface area contributed by atoms with E-state index in [1.807, 2.05) is 97.1 Å². The molecule has 0 atom stereocenters. The first-order chi connectivity index (χ1) is 31.0. The number of aliphatic imine (C=N–C) groups is 4. The summed E-state index contributed by atoms with van der Waals surface area (Å²) < 4.78 is 0. The number of carbonyl (C=O) groups is 4. The van der Waals surface area contributed by atoms with Gasteiger partial charge in [-0.2, -0.15) is 0 Å². The van der Waals surface area contributed by atoms with E-state index >= 15 is 0 Å². The topological polar surface area (TPSA) is 199 Å². The smallest absolute Gasteiger partial charge is 0.307 e. The Bertz CT molecular complexity index is 2740. The number of hydrogen-bond donors (Lipinski definition) is 4. The molecule has 5 aliphatic heterocycles. The number of nitrogens with zero attached hydrogens (tertiary/aromatic N) is 4. The van der Waals surface area contributed by atoms with Crippen LogP contribution in [-0.4, -0.2) is 67.2 Å². The fourth-order valence-corrected chi connectivity index (χ4v) is 8.52. The molecule has 0 spiro atoms. The van der Waals surface area contributed by atoms with E-state index in [0.717, 1.165) is 0 Å². The third-order valence-corrected chi connectivity index (χ3v) is 11.1. The van der Waals surface area contributed by atoms with E-state index < -0.39 is 23.9 Å². The highest BCUT2D eigenvalue weighted by molar-refractivity contribution is 6.40. The zero-order valence-electron chi connectivity index (χ0n) is 33.9. The Hall–Kier alpha value is -8.64. The summed E-state index contributed by atoms with van der Waals surface area (Å²) in [5.74, 6) is -4.10. The molecule has 64 heavy (non-hydrogen) atoms. The molecule has 0 radical (unpaired) electrons. The van der Waals surface area contributed by atoms with Crippen LogP contribution in [0.25, 0.3) is 22.3 Å². The number of carboxylic acids is 4. The quantitative estimate of drug-likeness (QED) is 0.109. The number of rotatable bonds is 12. The predicted molar refractivity (Wildman–Crippen MR) is 245 cm³/mol. The second-order valence-corrected chi connectivity index (χ2v) is 15.3. The van der Waals surface area contributed by atoms with Crippen LogP contribution >= 0.6 is 0 Å². The molecule has 12 nitrogen and oxygen atoms in total. The van der Waals surface area contributed by atoms with Crippen LogP contribution < -0.4 is 0 Å². The molecular weight excluding hydrogens is 809 g/mol. The third-order valence-electron chi connectivity index (χ3n) is 11.1. The van der Waals surface area contributed by atoms with Crippen LogP contribution in [0, 0.1) is 0 Å². The van der Waals surface area contributed by atoms with Crippen molar-refractivity contribution < 1.29 is 39.6 Å². The van der Waals surface area contributed by atoms with Gasteiger partial charge in [0.2, 0.25) is 0 Å². The highest BCUT2D eigenvalue weighted by atomic mass is 16.4. The number of fused-ring (bicyclic) bond motifs is 4. The molecule has 9 rings (SSSR count). The minimum Gasteiger partial charge on any atom is -0.481 e. The highest BCUT2D eigenvalue weighted by Crippen LogP contribution is 2.40. The van der Waals surface area contributed by atoms with Gasteiger partial charge in [0.05, 0.1) is 71.3 Å². The SMILES string of the molecule is O=C(O)Cc1ccccc1C1=C2C=CC(=N2)C(c2ccccc2CC(=O)O)=C2C=CC(=N2)C(c2ccccc2CC(=O)O)=C2C=CC(=N2)C(c2ccccc2CC(=O)O)=C2C=CC1=N2. The van der Waals surface area contributed by atoms with Gasteiger partial charge in [-0.05, 0) is 93.1 Å². The summed E-state index contributed by atoms with van der Waals surface area (Å²) in [5, 5.41) is 40.0. The van der Waals surface area contributed by atoms with Gasteiger partial charge >= 0.3 is 23.9 Å². The molecule has 5 heterocycles. The van der Waals surface area contributed by atoms with Crippen molar-refractivity contribution in [3.8, 4) is 0 Å². The second-order valence-electron chi connectivity index (χ2n) is 15.3. The molecule has 12 heteroatoms. The van der Waals surface area contributed by atoms with Gasteiger partial charge in [0, 0.05) is 22.3 Å². The number of benzene rings is 4. The van der Waals surface area contributed by atoms with Crippen molar-refractivity contribution >= 4 is 69.0 Å². The largest absolute Gasteiger partial charge is 0.481 e. The van der Waals surface area contributed by atoms with Crippen molar-refractivity contribution in [2.45, 2.75) is 25.7 Å². The van der Waals surface area contributed by atoms with E-state index in [1.165, 1.54) is 0 Å². The van der Waals surface area contributed by atoms with Crippen LogP contribution in [0.1, 0.15) is 44.5 Å². The Morgan fingerprint density at radius 1 is 0.312 bits per heavy atom. The van der Waals surface area contributed by atoms with Crippen molar-refractivity contribution in [1.82, 2.24) is 0 Å². The molecular formula is C52H36N4O8.